The molecule has 1 N–H and O–H groups in total. The number of ether oxygens (including phenoxy) is 1. The summed E-state index contributed by atoms with van der Waals surface area (Å²) in [6.45, 7) is 13.4. The predicted molar refractivity (Wildman–Crippen MR) is 80.4 cm³/mol. The Morgan fingerprint density at radius 1 is 1.26 bits per heavy atom. The van der Waals surface area contributed by atoms with Gasteiger partial charge in [0.25, 0.3) is 0 Å². The van der Waals surface area contributed by atoms with E-state index in [9.17, 15) is 0 Å². The van der Waals surface area contributed by atoms with Gasteiger partial charge in [0.05, 0.1) is 12.7 Å². The van der Waals surface area contributed by atoms with Gasteiger partial charge in [-0.15, -0.1) is 0 Å². The van der Waals surface area contributed by atoms with Gasteiger partial charge in [0.2, 0.25) is 0 Å². The van der Waals surface area contributed by atoms with E-state index in [4.69, 9.17) is 4.74 Å². The zero-order valence-electron chi connectivity index (χ0n) is 13.2. The van der Waals surface area contributed by atoms with Crippen molar-refractivity contribution in [1.82, 2.24) is 10.2 Å². The molecule has 1 saturated carbocycles. The van der Waals surface area contributed by atoms with E-state index < -0.39 is 0 Å². The lowest BCUT2D eigenvalue weighted by Crippen LogP contribution is -2.51. The van der Waals surface area contributed by atoms with E-state index in [1.807, 2.05) is 0 Å². The van der Waals surface area contributed by atoms with E-state index in [2.05, 4.69) is 37.9 Å². The van der Waals surface area contributed by atoms with Gasteiger partial charge in [-0.3, -0.25) is 4.90 Å². The minimum absolute atomic E-state index is 0.377. The minimum Gasteiger partial charge on any atom is -0.374 e. The molecule has 0 spiro atoms. The maximum atomic E-state index is 5.90. The molecule has 112 valence electrons. The number of morpholine rings is 1. The van der Waals surface area contributed by atoms with Crippen LogP contribution in [0.4, 0.5) is 0 Å². The molecule has 4 atom stereocenters. The van der Waals surface area contributed by atoms with E-state index in [-0.39, 0.29) is 0 Å². The van der Waals surface area contributed by atoms with Gasteiger partial charge in [-0.05, 0) is 44.9 Å². The Morgan fingerprint density at radius 2 is 2.05 bits per heavy atom. The average molecular weight is 268 g/mol. The van der Waals surface area contributed by atoms with Crippen LogP contribution in [0.3, 0.4) is 0 Å². The van der Waals surface area contributed by atoms with Gasteiger partial charge >= 0.3 is 0 Å². The van der Waals surface area contributed by atoms with Crippen LogP contribution in [0.25, 0.3) is 0 Å². The third kappa shape index (κ3) is 4.44. The molecule has 0 aromatic rings. The maximum Gasteiger partial charge on any atom is 0.0826 e. The molecular weight excluding hydrogens is 236 g/mol. The molecule has 0 aromatic carbocycles. The molecule has 2 aliphatic rings. The number of hydrogen-bond acceptors (Lipinski definition) is 3. The van der Waals surface area contributed by atoms with Crippen molar-refractivity contribution in [1.29, 1.82) is 0 Å². The third-order valence-electron chi connectivity index (χ3n) is 4.94. The second kappa shape index (κ2) is 7.05. The quantitative estimate of drug-likeness (QED) is 0.848. The zero-order chi connectivity index (χ0) is 13.8. The summed E-state index contributed by atoms with van der Waals surface area (Å²) in [6.07, 6.45) is 4.47. The van der Waals surface area contributed by atoms with Crippen LogP contribution in [-0.4, -0.2) is 49.3 Å². The van der Waals surface area contributed by atoms with Gasteiger partial charge in [0, 0.05) is 31.7 Å². The van der Waals surface area contributed by atoms with Crippen LogP contribution in [0.15, 0.2) is 0 Å². The summed E-state index contributed by atoms with van der Waals surface area (Å²) in [7, 11) is 0. The van der Waals surface area contributed by atoms with Crippen LogP contribution in [0.2, 0.25) is 0 Å². The van der Waals surface area contributed by atoms with E-state index >= 15 is 0 Å². The highest BCUT2D eigenvalue weighted by molar-refractivity contribution is 4.83. The fourth-order valence-corrected chi connectivity index (χ4v) is 3.59. The second-order valence-corrected chi connectivity index (χ2v) is 6.99. The van der Waals surface area contributed by atoms with Gasteiger partial charge in [-0.1, -0.05) is 13.8 Å². The van der Waals surface area contributed by atoms with Gasteiger partial charge in [-0.25, -0.2) is 0 Å². The Morgan fingerprint density at radius 3 is 2.74 bits per heavy atom. The summed E-state index contributed by atoms with van der Waals surface area (Å²) in [4.78, 5) is 2.53. The first-order chi connectivity index (χ1) is 9.06. The molecule has 0 bridgehead atoms. The normalized spacial score (nSPS) is 37.7. The fourth-order valence-electron chi connectivity index (χ4n) is 3.59. The smallest absolute Gasteiger partial charge is 0.0826 e. The van der Waals surface area contributed by atoms with E-state index in [1.165, 1.54) is 19.3 Å². The monoisotopic (exact) mass is 268 g/mol. The molecule has 1 aliphatic heterocycles. The molecule has 0 amide bonds. The van der Waals surface area contributed by atoms with Crippen molar-refractivity contribution in [2.45, 2.75) is 65.1 Å². The number of nitrogens with one attached hydrogen (secondary N) is 1. The van der Waals surface area contributed by atoms with Gasteiger partial charge in [0.1, 0.15) is 0 Å². The standard InChI is InChI=1S/C16H32N2O/c1-12(2)18-7-8-19-15(11-18)10-17-16-6-5-13(3)9-14(16)4/h12-17H,5-11H2,1-4H3. The zero-order valence-corrected chi connectivity index (χ0v) is 13.2. The number of hydrogen-bond donors (Lipinski definition) is 1. The highest BCUT2D eigenvalue weighted by atomic mass is 16.5. The predicted octanol–water partition coefficient (Wildman–Crippen LogP) is 2.51. The van der Waals surface area contributed by atoms with Gasteiger partial charge in [0.15, 0.2) is 0 Å². The van der Waals surface area contributed by atoms with Crippen LogP contribution in [0, 0.1) is 11.8 Å². The van der Waals surface area contributed by atoms with Crippen LogP contribution >= 0.6 is 0 Å². The molecule has 3 nitrogen and oxygen atoms in total. The average Bonchev–Trinajstić information content (AvgIpc) is 2.38. The van der Waals surface area contributed by atoms with Crippen molar-refractivity contribution < 1.29 is 4.74 Å². The molecule has 3 heteroatoms. The summed E-state index contributed by atoms with van der Waals surface area (Å²) in [5, 5.41) is 3.77. The molecule has 2 rings (SSSR count). The molecule has 2 fully saturated rings. The summed E-state index contributed by atoms with van der Waals surface area (Å²) in [5.74, 6) is 1.73. The topological polar surface area (TPSA) is 24.5 Å². The first-order valence-electron chi connectivity index (χ1n) is 8.15. The van der Waals surface area contributed by atoms with Gasteiger partial charge < -0.3 is 10.1 Å². The first-order valence-corrected chi connectivity index (χ1v) is 8.15. The van der Waals surface area contributed by atoms with Crippen molar-refractivity contribution in [3.63, 3.8) is 0 Å². The lowest BCUT2D eigenvalue weighted by Gasteiger charge is -2.38. The van der Waals surface area contributed by atoms with Crippen molar-refractivity contribution in [2.24, 2.45) is 11.8 Å². The lowest BCUT2D eigenvalue weighted by molar-refractivity contribution is -0.0393. The molecule has 19 heavy (non-hydrogen) atoms. The van der Waals surface area contributed by atoms with Crippen molar-refractivity contribution in [3.8, 4) is 0 Å². The van der Waals surface area contributed by atoms with Crippen molar-refractivity contribution in [2.75, 3.05) is 26.2 Å². The van der Waals surface area contributed by atoms with Gasteiger partial charge in [-0.2, -0.15) is 0 Å². The number of rotatable bonds is 4. The Hall–Kier alpha value is -0.120. The van der Waals surface area contributed by atoms with Crippen LogP contribution in [0.5, 0.6) is 0 Å². The largest absolute Gasteiger partial charge is 0.374 e. The molecule has 0 radical (unpaired) electrons. The van der Waals surface area contributed by atoms with Crippen molar-refractivity contribution in [3.05, 3.63) is 0 Å². The maximum absolute atomic E-state index is 5.90. The second-order valence-electron chi connectivity index (χ2n) is 6.99. The molecule has 1 heterocycles. The molecule has 0 aromatic heterocycles. The number of nitrogens with zero attached hydrogens (tertiary/aromatic N) is 1. The van der Waals surface area contributed by atoms with Crippen molar-refractivity contribution >= 4 is 0 Å². The lowest BCUT2D eigenvalue weighted by atomic mass is 9.80. The summed E-state index contributed by atoms with van der Waals surface area (Å²) in [5.41, 5.74) is 0. The van der Waals surface area contributed by atoms with E-state index in [0.29, 0.717) is 18.2 Å². The van der Waals surface area contributed by atoms with E-state index in [0.717, 1.165) is 38.1 Å². The Bertz CT molecular complexity index is 269. The Kier molecular flexibility index (Phi) is 5.67. The minimum atomic E-state index is 0.377. The summed E-state index contributed by atoms with van der Waals surface area (Å²) in [6, 6.07) is 1.34. The Balaban J connectivity index is 1.73. The molecule has 1 saturated heterocycles. The SMILES string of the molecule is CC1CCC(NCC2CN(C(C)C)CCO2)C(C)C1. The fraction of sp³-hybridized carbons (Fsp3) is 1.00. The summed E-state index contributed by atoms with van der Waals surface area (Å²) >= 11 is 0. The Labute approximate surface area is 119 Å². The van der Waals surface area contributed by atoms with Crippen LogP contribution < -0.4 is 5.32 Å². The molecular formula is C16H32N2O. The first kappa shape index (κ1) is 15.3. The highest BCUT2D eigenvalue weighted by Crippen LogP contribution is 2.28. The molecule has 4 unspecified atom stereocenters. The van der Waals surface area contributed by atoms with Crippen LogP contribution in [-0.2, 0) is 4.74 Å². The van der Waals surface area contributed by atoms with Crippen LogP contribution in [0.1, 0.15) is 47.0 Å². The third-order valence-corrected chi connectivity index (χ3v) is 4.94. The van der Waals surface area contributed by atoms with E-state index in [1.54, 1.807) is 0 Å². The highest BCUT2D eigenvalue weighted by Gasteiger charge is 2.27. The molecule has 1 aliphatic carbocycles. The summed E-state index contributed by atoms with van der Waals surface area (Å²) < 4.78 is 5.90.